The van der Waals surface area contributed by atoms with Crippen LogP contribution < -0.4 is 0 Å². The van der Waals surface area contributed by atoms with Gasteiger partial charge in [-0.25, -0.2) is 13.8 Å². The van der Waals surface area contributed by atoms with Gasteiger partial charge in [-0.3, -0.25) is 4.79 Å². The average Bonchev–Trinajstić information content (AvgIpc) is 2.19. The van der Waals surface area contributed by atoms with Gasteiger partial charge in [0.2, 0.25) is 0 Å². The van der Waals surface area contributed by atoms with Crippen LogP contribution in [0, 0.1) is 11.3 Å². The van der Waals surface area contributed by atoms with Crippen LogP contribution in [-0.2, 0) is 11.2 Å². The Labute approximate surface area is 94.1 Å². The number of rotatable bonds is 3. The van der Waals surface area contributed by atoms with Gasteiger partial charge >= 0.3 is 5.97 Å². The summed E-state index contributed by atoms with van der Waals surface area (Å²) in [5.74, 6) is -1.30. The highest BCUT2D eigenvalue weighted by atomic mass is 35.5. The number of hydrogen-bond donors (Lipinski definition) is 1. The molecule has 0 aliphatic carbocycles. The molecule has 0 spiro atoms. The monoisotopic (exact) mass is 246 g/mol. The van der Waals surface area contributed by atoms with E-state index in [9.17, 15) is 13.6 Å². The number of nitrogens with zero attached hydrogens (tertiary/aromatic N) is 2. The summed E-state index contributed by atoms with van der Waals surface area (Å²) in [4.78, 5) is 13.9. The molecule has 1 N–H and O–H groups in total. The number of carbonyl (C=O) groups is 1. The Morgan fingerprint density at radius 2 is 2.31 bits per heavy atom. The minimum Gasteiger partial charge on any atom is -0.481 e. The normalized spacial score (nSPS) is 10.2. The Bertz CT molecular complexity index is 471. The number of carboxylic acid groups (broad SMARTS) is 1. The number of aromatic nitrogens is 1. The van der Waals surface area contributed by atoms with Gasteiger partial charge < -0.3 is 5.11 Å². The molecule has 0 fully saturated rings. The third-order valence-electron chi connectivity index (χ3n) is 1.75. The fraction of sp³-hybridized carbons (Fsp3) is 0.222. The smallest absolute Gasteiger partial charge is 0.309 e. The van der Waals surface area contributed by atoms with Gasteiger partial charge in [0.1, 0.15) is 6.07 Å². The zero-order chi connectivity index (χ0) is 12.3. The van der Waals surface area contributed by atoms with E-state index in [0.717, 1.165) is 6.07 Å². The standard InChI is InChI=1S/C9H5ClF2N2O2/c10-5-1-4(9(11)12)6(2-8(15)16)14-7(5)3-13/h1,9H,2H2,(H,15,16). The van der Waals surface area contributed by atoms with E-state index in [4.69, 9.17) is 22.0 Å². The fourth-order valence-electron chi connectivity index (χ4n) is 1.09. The van der Waals surface area contributed by atoms with Crippen molar-refractivity contribution in [2.75, 3.05) is 0 Å². The third kappa shape index (κ3) is 2.64. The number of pyridine rings is 1. The molecule has 0 radical (unpaired) electrons. The van der Waals surface area contributed by atoms with Crippen LogP contribution >= 0.6 is 11.6 Å². The van der Waals surface area contributed by atoms with Crippen LogP contribution in [0.4, 0.5) is 8.78 Å². The van der Waals surface area contributed by atoms with Gasteiger partial charge in [-0.1, -0.05) is 11.6 Å². The predicted octanol–water partition coefficient (Wildman–Crippen LogP) is 2.17. The summed E-state index contributed by atoms with van der Waals surface area (Å²) in [6, 6.07) is 2.47. The lowest BCUT2D eigenvalue weighted by atomic mass is 10.1. The summed E-state index contributed by atoms with van der Waals surface area (Å²) in [7, 11) is 0. The highest BCUT2D eigenvalue weighted by Crippen LogP contribution is 2.26. The van der Waals surface area contributed by atoms with Gasteiger partial charge in [0, 0.05) is 5.56 Å². The lowest BCUT2D eigenvalue weighted by molar-refractivity contribution is -0.136. The van der Waals surface area contributed by atoms with Crippen LogP contribution in [0.5, 0.6) is 0 Å². The number of aliphatic carboxylic acids is 1. The van der Waals surface area contributed by atoms with Crippen molar-refractivity contribution in [1.82, 2.24) is 4.98 Å². The zero-order valence-electron chi connectivity index (χ0n) is 7.75. The van der Waals surface area contributed by atoms with E-state index < -0.39 is 24.4 Å². The summed E-state index contributed by atoms with van der Waals surface area (Å²) in [5, 5.41) is 16.9. The Balaban J connectivity index is 3.32. The van der Waals surface area contributed by atoms with Crippen molar-refractivity contribution in [1.29, 1.82) is 5.26 Å². The van der Waals surface area contributed by atoms with Gasteiger partial charge in [-0.15, -0.1) is 0 Å². The summed E-state index contributed by atoms with van der Waals surface area (Å²) < 4.78 is 25.0. The molecule has 0 aromatic carbocycles. The topological polar surface area (TPSA) is 74.0 Å². The fourth-order valence-corrected chi connectivity index (χ4v) is 1.30. The second-order valence-electron chi connectivity index (χ2n) is 2.84. The number of hydrogen-bond acceptors (Lipinski definition) is 3. The molecule has 84 valence electrons. The second-order valence-corrected chi connectivity index (χ2v) is 3.24. The van der Waals surface area contributed by atoms with Crippen LogP contribution in [0.3, 0.4) is 0 Å². The minimum atomic E-state index is -2.88. The molecule has 0 saturated heterocycles. The van der Waals surface area contributed by atoms with Crippen LogP contribution in [0.1, 0.15) is 23.4 Å². The number of carboxylic acids is 1. The Kier molecular flexibility index (Phi) is 3.74. The van der Waals surface area contributed by atoms with Crippen molar-refractivity contribution in [2.24, 2.45) is 0 Å². The Hall–Kier alpha value is -1.74. The molecule has 1 aromatic heterocycles. The van der Waals surface area contributed by atoms with Crippen LogP contribution in [0.15, 0.2) is 6.07 Å². The quantitative estimate of drug-likeness (QED) is 0.887. The second kappa shape index (κ2) is 4.86. The first kappa shape index (κ1) is 12.3. The molecule has 0 saturated carbocycles. The number of halogens is 3. The maximum atomic E-state index is 12.5. The van der Waals surface area contributed by atoms with E-state index in [1.54, 1.807) is 6.07 Å². The van der Waals surface area contributed by atoms with Gasteiger partial charge in [0.05, 0.1) is 17.1 Å². The molecule has 0 unspecified atom stereocenters. The van der Waals surface area contributed by atoms with Crippen molar-refractivity contribution >= 4 is 17.6 Å². The van der Waals surface area contributed by atoms with Crippen molar-refractivity contribution in [3.8, 4) is 6.07 Å². The average molecular weight is 247 g/mol. The SMILES string of the molecule is N#Cc1nc(CC(=O)O)c(C(F)F)cc1Cl. The largest absolute Gasteiger partial charge is 0.481 e. The molecule has 1 aromatic rings. The summed E-state index contributed by atoms with van der Waals surface area (Å²) in [6.07, 6.45) is -3.56. The first-order valence-corrected chi connectivity index (χ1v) is 4.43. The summed E-state index contributed by atoms with van der Waals surface area (Å²) in [6.45, 7) is 0. The van der Waals surface area contributed by atoms with E-state index in [0.29, 0.717) is 0 Å². The highest BCUT2D eigenvalue weighted by Gasteiger charge is 2.19. The number of alkyl halides is 2. The van der Waals surface area contributed by atoms with E-state index in [1.807, 2.05) is 0 Å². The van der Waals surface area contributed by atoms with Crippen LogP contribution in [-0.4, -0.2) is 16.1 Å². The summed E-state index contributed by atoms with van der Waals surface area (Å²) >= 11 is 5.52. The van der Waals surface area contributed by atoms with Crippen LogP contribution in [0.2, 0.25) is 5.02 Å². The molecule has 7 heteroatoms. The Morgan fingerprint density at radius 1 is 1.69 bits per heavy atom. The third-order valence-corrected chi connectivity index (χ3v) is 2.04. The minimum absolute atomic E-state index is 0.216. The summed E-state index contributed by atoms with van der Waals surface area (Å²) in [5.41, 5.74) is -1.17. The van der Waals surface area contributed by atoms with E-state index >= 15 is 0 Å². The molecular weight excluding hydrogens is 242 g/mol. The molecule has 0 atom stereocenters. The molecule has 0 aliphatic heterocycles. The molecular formula is C9H5ClF2N2O2. The first-order chi connectivity index (χ1) is 7.45. The molecule has 1 heterocycles. The Morgan fingerprint density at radius 3 is 2.75 bits per heavy atom. The van der Waals surface area contributed by atoms with E-state index in [1.165, 1.54) is 0 Å². The lowest BCUT2D eigenvalue weighted by Gasteiger charge is -2.07. The molecule has 1 rings (SSSR count). The van der Waals surface area contributed by atoms with Crippen molar-refractivity contribution in [3.05, 3.63) is 28.0 Å². The van der Waals surface area contributed by atoms with E-state index in [2.05, 4.69) is 4.98 Å². The maximum absolute atomic E-state index is 12.5. The van der Waals surface area contributed by atoms with Gasteiger partial charge in [0.15, 0.2) is 5.69 Å². The predicted molar refractivity (Wildman–Crippen MR) is 50.3 cm³/mol. The van der Waals surface area contributed by atoms with Gasteiger partial charge in [0.25, 0.3) is 6.43 Å². The molecule has 16 heavy (non-hydrogen) atoms. The zero-order valence-corrected chi connectivity index (χ0v) is 8.50. The highest BCUT2D eigenvalue weighted by molar-refractivity contribution is 6.31. The van der Waals surface area contributed by atoms with Crippen molar-refractivity contribution in [2.45, 2.75) is 12.8 Å². The molecule has 0 aliphatic rings. The molecule has 0 amide bonds. The van der Waals surface area contributed by atoms with Crippen molar-refractivity contribution < 1.29 is 18.7 Å². The number of nitriles is 1. The van der Waals surface area contributed by atoms with Crippen molar-refractivity contribution in [3.63, 3.8) is 0 Å². The molecule has 0 bridgehead atoms. The molecule has 4 nitrogen and oxygen atoms in total. The lowest BCUT2D eigenvalue weighted by Crippen LogP contribution is -2.08. The maximum Gasteiger partial charge on any atom is 0.309 e. The van der Waals surface area contributed by atoms with Gasteiger partial charge in [-0.05, 0) is 6.07 Å². The van der Waals surface area contributed by atoms with Crippen LogP contribution in [0.25, 0.3) is 0 Å². The first-order valence-electron chi connectivity index (χ1n) is 4.05. The van der Waals surface area contributed by atoms with Gasteiger partial charge in [-0.2, -0.15) is 5.26 Å². The van der Waals surface area contributed by atoms with E-state index in [-0.39, 0.29) is 16.4 Å².